The molecule has 0 fully saturated rings. The Kier molecular flexibility index (Phi) is 11.6. The maximum atomic E-state index is 14.8. The molecule has 0 spiro atoms. The zero-order chi connectivity index (χ0) is 29.8. The van der Waals surface area contributed by atoms with E-state index in [-0.39, 0.29) is 23.5 Å². The topological polar surface area (TPSA) is 111 Å². The number of hydrogen-bond acceptors (Lipinski definition) is 8. The van der Waals surface area contributed by atoms with E-state index in [9.17, 15) is 44.7 Å². The van der Waals surface area contributed by atoms with Crippen molar-refractivity contribution in [1.82, 2.24) is 16.3 Å². The smallest absolute Gasteiger partial charge is 0.261 e. The normalized spacial score (nSPS) is 13.1. The van der Waals surface area contributed by atoms with Gasteiger partial charge in [0.1, 0.15) is 0 Å². The van der Waals surface area contributed by atoms with Gasteiger partial charge in [-0.25, -0.2) is 40.6 Å². The van der Waals surface area contributed by atoms with E-state index >= 15 is 0 Å². The van der Waals surface area contributed by atoms with Crippen molar-refractivity contribution in [3.63, 3.8) is 0 Å². The number of likely N-dealkylation sites (N-methyl/N-ethyl adjacent to an activating group) is 1. The summed E-state index contributed by atoms with van der Waals surface area (Å²) in [4.78, 5) is 20.8. The third-order valence-electron chi connectivity index (χ3n) is 5.33. The van der Waals surface area contributed by atoms with Gasteiger partial charge in [-0.05, 0) is 7.05 Å². The minimum absolute atomic E-state index is 0.0483. The summed E-state index contributed by atoms with van der Waals surface area (Å²) in [6, 6.07) is -2.71. The van der Waals surface area contributed by atoms with Crippen LogP contribution in [-0.4, -0.2) is 52.7 Å². The number of rotatable bonds is 12. The van der Waals surface area contributed by atoms with Crippen LogP contribution in [0.1, 0.15) is 13.8 Å². The summed E-state index contributed by atoms with van der Waals surface area (Å²) in [6.45, 7) is 2.89. The molecule has 0 heterocycles. The molecule has 0 aliphatic rings. The van der Waals surface area contributed by atoms with Gasteiger partial charge in [-0.2, -0.15) is 5.48 Å². The number of Topliss-reactive ketones (excluding diaryl/α,β-unsaturated/α-hetero) is 1. The fraction of sp³-hybridized carbons (Fsp3) is 0.364. The fourth-order valence-corrected chi connectivity index (χ4v) is 5.29. The van der Waals surface area contributed by atoms with Crippen LogP contribution in [0.25, 0.3) is 11.1 Å². The summed E-state index contributed by atoms with van der Waals surface area (Å²) in [5, 5.41) is 20.1. The van der Waals surface area contributed by atoms with Crippen LogP contribution >= 0.6 is 23.5 Å². The summed E-state index contributed by atoms with van der Waals surface area (Å²) in [6.07, 6.45) is 0. The van der Waals surface area contributed by atoms with Crippen LogP contribution in [0, 0.1) is 52.5 Å². The van der Waals surface area contributed by atoms with Gasteiger partial charge in [0.15, 0.2) is 52.3 Å². The van der Waals surface area contributed by atoms with Crippen LogP contribution in [-0.2, 0) is 9.59 Å². The monoisotopic (exact) mass is 607 g/mol. The number of hydroxylamine groups is 2. The van der Waals surface area contributed by atoms with Crippen LogP contribution in [0.15, 0.2) is 9.79 Å². The number of thioether (sulfide) groups is 2. The lowest BCUT2D eigenvalue weighted by molar-refractivity contribution is -0.130. The van der Waals surface area contributed by atoms with E-state index in [0.29, 0.717) is 0 Å². The largest absolute Gasteiger partial charge is 0.316 e. The van der Waals surface area contributed by atoms with Crippen molar-refractivity contribution in [2.75, 3.05) is 18.6 Å². The number of benzene rings is 2. The molecule has 0 aliphatic heterocycles. The SMILES string of the molecule is CN[C@@H](CSc1c(F)c(F)c(-c2c(F)c(F)c(SC[C@H](NO)C(=O)C(C)C)c(F)c2F)c(F)c1F)C(=O)NO. The molecule has 1 amide bonds. The highest BCUT2D eigenvalue weighted by molar-refractivity contribution is 7.99. The summed E-state index contributed by atoms with van der Waals surface area (Å²) in [7, 11) is 1.22. The van der Waals surface area contributed by atoms with Crippen LogP contribution in [0.3, 0.4) is 0 Å². The lowest BCUT2D eigenvalue weighted by Gasteiger charge is -2.18. The van der Waals surface area contributed by atoms with Gasteiger partial charge < -0.3 is 10.5 Å². The van der Waals surface area contributed by atoms with Crippen molar-refractivity contribution in [3.05, 3.63) is 46.5 Å². The van der Waals surface area contributed by atoms with Crippen molar-refractivity contribution in [2.24, 2.45) is 5.92 Å². The zero-order valence-corrected chi connectivity index (χ0v) is 21.8. The van der Waals surface area contributed by atoms with Crippen LogP contribution in [0.2, 0.25) is 0 Å². The minimum atomic E-state index is -2.38. The predicted molar refractivity (Wildman–Crippen MR) is 124 cm³/mol. The van der Waals surface area contributed by atoms with Crippen LogP contribution in [0.5, 0.6) is 0 Å². The van der Waals surface area contributed by atoms with Gasteiger partial charge in [0.2, 0.25) is 0 Å². The highest BCUT2D eigenvalue weighted by Crippen LogP contribution is 2.42. The van der Waals surface area contributed by atoms with Gasteiger partial charge in [0.05, 0.1) is 33.0 Å². The molecule has 0 saturated heterocycles. The van der Waals surface area contributed by atoms with E-state index in [1.54, 1.807) is 5.48 Å². The number of carbonyl (C=O) groups is 2. The fourth-order valence-electron chi connectivity index (χ4n) is 3.20. The first-order chi connectivity index (χ1) is 18.2. The van der Waals surface area contributed by atoms with E-state index in [4.69, 9.17) is 10.4 Å². The molecular formula is C22H21F8N3O4S2. The molecule has 5 N–H and O–H groups in total. The van der Waals surface area contributed by atoms with Crippen molar-refractivity contribution in [3.8, 4) is 11.1 Å². The summed E-state index contributed by atoms with van der Waals surface area (Å²) >= 11 is 0.106. The lowest BCUT2D eigenvalue weighted by Crippen LogP contribution is -2.43. The average Bonchev–Trinajstić information content (AvgIpc) is 2.91. The summed E-state index contributed by atoms with van der Waals surface area (Å²) in [5.41, 5.74) is -1.29. The molecular weight excluding hydrogens is 586 g/mol. The molecule has 17 heteroatoms. The first-order valence-electron chi connectivity index (χ1n) is 10.8. The first kappa shape index (κ1) is 32.8. The van der Waals surface area contributed by atoms with Gasteiger partial charge >= 0.3 is 0 Å². The number of carbonyl (C=O) groups excluding carboxylic acids is 2. The Morgan fingerprint density at radius 1 is 0.692 bits per heavy atom. The van der Waals surface area contributed by atoms with Gasteiger partial charge in [0.25, 0.3) is 5.91 Å². The molecule has 0 saturated carbocycles. The molecule has 0 aromatic heterocycles. The standard InChI is InChI=1S/C22H21F8N3O4S2/c1-6(2)19(34)7(32-36)4-38-20-15(27)11(23)9(12(24)16(20)28)10-13(25)17(29)21(18(30)14(10)26)39-5-8(31-3)22(35)33-37/h6-8,31-32,36-37H,4-5H2,1-3H3,(H,33,35)/t7-,8-/m0/s1. The number of amides is 1. The van der Waals surface area contributed by atoms with Crippen molar-refractivity contribution in [2.45, 2.75) is 35.7 Å². The Bertz CT molecular complexity index is 1210. The van der Waals surface area contributed by atoms with E-state index in [1.165, 1.54) is 26.4 Å². The Hall–Kier alpha value is -2.44. The maximum Gasteiger partial charge on any atom is 0.261 e. The number of ketones is 1. The first-order valence-corrected chi connectivity index (χ1v) is 12.7. The third-order valence-corrected chi connectivity index (χ3v) is 7.62. The lowest BCUT2D eigenvalue weighted by atomic mass is 10.0. The molecule has 0 radical (unpaired) electrons. The van der Waals surface area contributed by atoms with Crippen molar-refractivity contribution >= 4 is 35.2 Å². The predicted octanol–water partition coefficient (Wildman–Crippen LogP) is 4.32. The molecule has 0 bridgehead atoms. The average molecular weight is 608 g/mol. The molecule has 2 aromatic carbocycles. The van der Waals surface area contributed by atoms with Gasteiger partial charge in [-0.3, -0.25) is 14.8 Å². The highest BCUT2D eigenvalue weighted by atomic mass is 32.2. The number of nitrogens with one attached hydrogen (secondary N) is 3. The van der Waals surface area contributed by atoms with Gasteiger partial charge in [-0.15, -0.1) is 23.5 Å². The van der Waals surface area contributed by atoms with E-state index in [0.717, 1.165) is 0 Å². The van der Waals surface area contributed by atoms with E-state index in [2.05, 4.69) is 5.32 Å². The second-order valence-electron chi connectivity index (χ2n) is 8.10. The Labute approximate surface area is 224 Å². The second-order valence-corrected chi connectivity index (χ2v) is 10.2. The van der Waals surface area contributed by atoms with Crippen LogP contribution in [0.4, 0.5) is 35.1 Å². The molecule has 7 nitrogen and oxygen atoms in total. The Balaban J connectivity index is 2.57. The molecule has 39 heavy (non-hydrogen) atoms. The minimum Gasteiger partial charge on any atom is -0.316 e. The quantitative estimate of drug-likeness (QED) is 0.0799. The Morgan fingerprint density at radius 3 is 1.33 bits per heavy atom. The molecule has 2 aromatic rings. The van der Waals surface area contributed by atoms with E-state index in [1.807, 2.05) is 0 Å². The second kappa shape index (κ2) is 13.8. The summed E-state index contributed by atoms with van der Waals surface area (Å²) < 4.78 is 118. The maximum absolute atomic E-state index is 14.8. The summed E-state index contributed by atoms with van der Waals surface area (Å²) in [5.74, 6) is -21.8. The van der Waals surface area contributed by atoms with Crippen molar-refractivity contribution < 1.29 is 55.1 Å². The third kappa shape index (κ3) is 6.66. The Morgan fingerprint density at radius 2 is 1.05 bits per heavy atom. The van der Waals surface area contributed by atoms with Gasteiger partial charge in [0, 0.05) is 17.4 Å². The number of hydrogen-bond donors (Lipinski definition) is 5. The highest BCUT2D eigenvalue weighted by Gasteiger charge is 2.35. The van der Waals surface area contributed by atoms with E-state index < -0.39 is 109 Å². The molecule has 2 atom stereocenters. The number of halogens is 8. The molecule has 0 aliphatic carbocycles. The molecule has 2 rings (SSSR count). The zero-order valence-electron chi connectivity index (χ0n) is 20.2. The van der Waals surface area contributed by atoms with Crippen LogP contribution < -0.4 is 16.3 Å². The van der Waals surface area contributed by atoms with Gasteiger partial charge in [-0.1, -0.05) is 13.8 Å². The van der Waals surface area contributed by atoms with Crippen molar-refractivity contribution in [1.29, 1.82) is 0 Å². The molecule has 0 unspecified atom stereocenters. The molecule has 216 valence electrons.